The van der Waals surface area contributed by atoms with Gasteiger partial charge < -0.3 is 24.6 Å². The van der Waals surface area contributed by atoms with E-state index in [2.05, 4.69) is 5.32 Å². The predicted molar refractivity (Wildman–Crippen MR) is 103 cm³/mol. The molecular formula is C21H23NO7. The Morgan fingerprint density at radius 2 is 1.41 bits per heavy atom. The molecule has 2 rings (SSSR count). The summed E-state index contributed by atoms with van der Waals surface area (Å²) in [6.07, 6.45) is -1.12. The van der Waals surface area contributed by atoms with Crippen molar-refractivity contribution in [2.75, 3.05) is 6.61 Å². The lowest BCUT2D eigenvalue weighted by molar-refractivity contribution is -0.137. The lowest BCUT2D eigenvalue weighted by Gasteiger charge is -2.17. The largest absolute Gasteiger partial charge is 0.426 e. The zero-order valence-electron chi connectivity index (χ0n) is 16.2. The lowest BCUT2D eigenvalue weighted by atomic mass is 10.2. The van der Waals surface area contributed by atoms with Gasteiger partial charge in [0.15, 0.2) is 6.10 Å². The first-order valence-electron chi connectivity index (χ1n) is 8.93. The number of para-hydroxylation sites is 2. The standard InChI is InChI=1S/C21H23NO7/c1-14(24)28-18-9-5-3-7-16(18)11-22-21(26)20(12-23)27-13-17-8-4-6-10-19(17)29-15(2)25/h3-10,20,23H,11-13H2,1-2H3,(H,22,26). The van der Waals surface area contributed by atoms with Crippen LogP contribution in [-0.4, -0.2) is 35.7 Å². The summed E-state index contributed by atoms with van der Waals surface area (Å²) in [7, 11) is 0. The van der Waals surface area contributed by atoms with Crippen molar-refractivity contribution < 1.29 is 33.7 Å². The molecule has 154 valence electrons. The summed E-state index contributed by atoms with van der Waals surface area (Å²) in [5.74, 6) is -0.799. The molecule has 1 atom stereocenters. The molecule has 0 fully saturated rings. The second-order valence-corrected chi connectivity index (χ2v) is 6.10. The van der Waals surface area contributed by atoms with Crippen LogP contribution >= 0.6 is 0 Å². The molecular weight excluding hydrogens is 378 g/mol. The number of carbonyl (C=O) groups is 3. The van der Waals surface area contributed by atoms with Gasteiger partial charge in [0.2, 0.25) is 0 Å². The average molecular weight is 401 g/mol. The van der Waals surface area contributed by atoms with Crippen LogP contribution in [0.25, 0.3) is 0 Å². The minimum absolute atomic E-state index is 0.0356. The molecule has 0 saturated carbocycles. The van der Waals surface area contributed by atoms with Crippen molar-refractivity contribution in [1.82, 2.24) is 5.32 Å². The van der Waals surface area contributed by atoms with Gasteiger partial charge in [-0.25, -0.2) is 0 Å². The fourth-order valence-corrected chi connectivity index (χ4v) is 2.48. The summed E-state index contributed by atoms with van der Waals surface area (Å²) >= 11 is 0. The zero-order chi connectivity index (χ0) is 21.2. The van der Waals surface area contributed by atoms with Gasteiger partial charge in [-0.1, -0.05) is 36.4 Å². The maximum absolute atomic E-state index is 12.4. The Morgan fingerprint density at radius 1 is 0.897 bits per heavy atom. The molecule has 1 amide bonds. The summed E-state index contributed by atoms with van der Waals surface area (Å²) < 4.78 is 15.7. The van der Waals surface area contributed by atoms with Crippen LogP contribution in [0, 0.1) is 0 Å². The first-order valence-corrected chi connectivity index (χ1v) is 8.93. The van der Waals surface area contributed by atoms with Crippen molar-refractivity contribution in [3.05, 3.63) is 59.7 Å². The Balaban J connectivity index is 1.97. The predicted octanol–water partition coefficient (Wildman–Crippen LogP) is 1.73. The molecule has 0 spiro atoms. The van der Waals surface area contributed by atoms with E-state index in [1.165, 1.54) is 13.8 Å². The molecule has 2 aromatic rings. The van der Waals surface area contributed by atoms with Crippen LogP contribution < -0.4 is 14.8 Å². The van der Waals surface area contributed by atoms with E-state index in [-0.39, 0.29) is 13.2 Å². The molecule has 0 aliphatic carbocycles. The van der Waals surface area contributed by atoms with Crippen molar-refractivity contribution >= 4 is 17.8 Å². The number of amides is 1. The van der Waals surface area contributed by atoms with Crippen molar-refractivity contribution in [3.63, 3.8) is 0 Å². The Morgan fingerprint density at radius 3 is 1.97 bits per heavy atom. The van der Waals surface area contributed by atoms with Gasteiger partial charge in [0, 0.05) is 31.5 Å². The van der Waals surface area contributed by atoms with Crippen LogP contribution in [0.5, 0.6) is 11.5 Å². The van der Waals surface area contributed by atoms with Gasteiger partial charge in [-0.3, -0.25) is 14.4 Å². The maximum atomic E-state index is 12.4. The van der Waals surface area contributed by atoms with Crippen LogP contribution in [0.4, 0.5) is 0 Å². The normalized spacial score (nSPS) is 11.4. The van der Waals surface area contributed by atoms with Crippen LogP contribution in [0.15, 0.2) is 48.5 Å². The molecule has 8 nitrogen and oxygen atoms in total. The van der Waals surface area contributed by atoms with Crippen LogP contribution in [0.2, 0.25) is 0 Å². The molecule has 2 N–H and O–H groups in total. The molecule has 1 unspecified atom stereocenters. The highest BCUT2D eigenvalue weighted by molar-refractivity contribution is 5.81. The number of hydrogen-bond donors (Lipinski definition) is 2. The number of carbonyl (C=O) groups excluding carboxylic acids is 3. The molecule has 0 saturated heterocycles. The van der Waals surface area contributed by atoms with Crippen molar-refractivity contribution in [1.29, 1.82) is 0 Å². The number of ether oxygens (including phenoxy) is 3. The van der Waals surface area contributed by atoms with Gasteiger partial charge in [-0.2, -0.15) is 0 Å². The average Bonchev–Trinajstić information content (AvgIpc) is 2.68. The molecule has 0 aliphatic rings. The van der Waals surface area contributed by atoms with E-state index < -0.39 is 30.6 Å². The molecule has 0 heterocycles. The highest BCUT2D eigenvalue weighted by Gasteiger charge is 2.19. The summed E-state index contributed by atoms with van der Waals surface area (Å²) in [6.45, 7) is 2.10. The van der Waals surface area contributed by atoms with Gasteiger partial charge in [-0.05, 0) is 12.1 Å². The third-order valence-electron chi connectivity index (χ3n) is 3.80. The Hall–Kier alpha value is -3.23. The third kappa shape index (κ3) is 7.02. The third-order valence-corrected chi connectivity index (χ3v) is 3.80. The van der Waals surface area contributed by atoms with Gasteiger partial charge in [0.05, 0.1) is 13.2 Å². The van der Waals surface area contributed by atoms with Gasteiger partial charge in [-0.15, -0.1) is 0 Å². The van der Waals surface area contributed by atoms with Crippen molar-refractivity contribution in [2.24, 2.45) is 0 Å². The topological polar surface area (TPSA) is 111 Å². The number of rotatable bonds is 9. The zero-order valence-corrected chi connectivity index (χ0v) is 16.2. The number of nitrogens with one attached hydrogen (secondary N) is 1. The number of hydrogen-bond acceptors (Lipinski definition) is 7. The number of aliphatic hydroxyl groups is 1. The highest BCUT2D eigenvalue weighted by Crippen LogP contribution is 2.20. The Labute approximate surface area is 168 Å². The van der Waals surface area contributed by atoms with E-state index in [4.69, 9.17) is 14.2 Å². The quantitative estimate of drug-likeness (QED) is 0.486. The minimum Gasteiger partial charge on any atom is -0.426 e. The summed E-state index contributed by atoms with van der Waals surface area (Å²) in [6, 6.07) is 13.5. The fraction of sp³-hybridized carbons (Fsp3) is 0.286. The summed E-state index contributed by atoms with van der Waals surface area (Å²) in [4.78, 5) is 34.7. The van der Waals surface area contributed by atoms with E-state index in [1.807, 2.05) is 0 Å². The monoisotopic (exact) mass is 401 g/mol. The minimum atomic E-state index is -1.12. The molecule has 0 bridgehead atoms. The molecule has 0 aliphatic heterocycles. The summed E-state index contributed by atoms with van der Waals surface area (Å²) in [5.41, 5.74) is 1.17. The van der Waals surface area contributed by atoms with E-state index in [0.29, 0.717) is 22.6 Å². The van der Waals surface area contributed by atoms with Gasteiger partial charge >= 0.3 is 11.9 Å². The van der Waals surface area contributed by atoms with E-state index in [1.54, 1.807) is 48.5 Å². The molecule has 29 heavy (non-hydrogen) atoms. The second kappa shape index (κ2) is 10.9. The van der Waals surface area contributed by atoms with Crippen molar-refractivity contribution in [3.8, 4) is 11.5 Å². The molecule has 0 radical (unpaired) electrons. The summed E-state index contributed by atoms with van der Waals surface area (Å²) in [5, 5.41) is 12.2. The van der Waals surface area contributed by atoms with Crippen LogP contribution in [-0.2, 0) is 32.3 Å². The maximum Gasteiger partial charge on any atom is 0.308 e. The molecule has 8 heteroatoms. The molecule has 0 aromatic heterocycles. The SMILES string of the molecule is CC(=O)Oc1ccccc1CNC(=O)C(CO)OCc1ccccc1OC(C)=O. The van der Waals surface area contributed by atoms with E-state index in [0.717, 1.165) is 0 Å². The van der Waals surface area contributed by atoms with Crippen LogP contribution in [0.3, 0.4) is 0 Å². The van der Waals surface area contributed by atoms with Gasteiger partial charge in [0.25, 0.3) is 5.91 Å². The number of benzene rings is 2. The van der Waals surface area contributed by atoms with E-state index >= 15 is 0 Å². The molecule has 2 aromatic carbocycles. The van der Waals surface area contributed by atoms with Crippen molar-refractivity contribution in [2.45, 2.75) is 33.1 Å². The smallest absolute Gasteiger partial charge is 0.308 e. The fourth-order valence-electron chi connectivity index (χ4n) is 2.48. The first kappa shape index (κ1) is 22.1. The number of esters is 2. The number of aliphatic hydroxyl groups excluding tert-OH is 1. The first-order chi connectivity index (χ1) is 13.9. The van der Waals surface area contributed by atoms with Crippen LogP contribution in [0.1, 0.15) is 25.0 Å². The van der Waals surface area contributed by atoms with Gasteiger partial charge in [0.1, 0.15) is 11.5 Å². The Bertz CT molecular complexity index is 866. The Kier molecular flexibility index (Phi) is 8.32. The lowest BCUT2D eigenvalue weighted by Crippen LogP contribution is -2.38. The van der Waals surface area contributed by atoms with E-state index in [9.17, 15) is 19.5 Å². The second-order valence-electron chi connectivity index (χ2n) is 6.10. The highest BCUT2D eigenvalue weighted by atomic mass is 16.5.